The van der Waals surface area contributed by atoms with Crippen LogP contribution in [0, 0.1) is 11.3 Å². The Hall–Kier alpha value is -1.59. The summed E-state index contributed by atoms with van der Waals surface area (Å²) in [6.45, 7) is 11.6. The van der Waals surface area contributed by atoms with Crippen molar-refractivity contribution in [1.82, 2.24) is 16.0 Å². The molecule has 0 aliphatic rings. The highest BCUT2D eigenvalue weighted by Crippen LogP contribution is 2.20. The van der Waals surface area contributed by atoms with Crippen LogP contribution < -0.4 is 16.0 Å². The van der Waals surface area contributed by atoms with Crippen molar-refractivity contribution in [2.45, 2.75) is 72.9 Å². The summed E-state index contributed by atoms with van der Waals surface area (Å²) in [5, 5.41) is 8.15. The average molecular weight is 327 g/mol. The summed E-state index contributed by atoms with van der Waals surface area (Å²) in [5.74, 6) is -0.443. The molecule has 0 bridgehead atoms. The Kier molecular flexibility index (Phi) is 8.87. The molecule has 3 amide bonds. The largest absolute Gasteiger partial charge is 0.357 e. The summed E-state index contributed by atoms with van der Waals surface area (Å²) < 4.78 is 0. The van der Waals surface area contributed by atoms with Crippen LogP contribution in [0.5, 0.6) is 0 Å². The van der Waals surface area contributed by atoms with Crippen LogP contribution in [-0.2, 0) is 14.4 Å². The Morgan fingerprint density at radius 1 is 1.00 bits per heavy atom. The molecule has 0 unspecified atom stereocenters. The van der Waals surface area contributed by atoms with Crippen molar-refractivity contribution in [3.8, 4) is 0 Å². The quantitative estimate of drug-likeness (QED) is 0.633. The van der Waals surface area contributed by atoms with Gasteiger partial charge in [-0.2, -0.15) is 0 Å². The Bertz CT molecular complexity index is 414. The van der Waals surface area contributed by atoms with E-state index in [1.54, 1.807) is 7.05 Å². The Morgan fingerprint density at radius 2 is 1.57 bits per heavy atom. The number of hydrogen-bond donors (Lipinski definition) is 3. The highest BCUT2D eigenvalue weighted by molar-refractivity contribution is 5.92. The van der Waals surface area contributed by atoms with Crippen LogP contribution >= 0.6 is 0 Å². The van der Waals surface area contributed by atoms with Crippen LogP contribution in [0.3, 0.4) is 0 Å². The predicted octanol–water partition coefficient (Wildman–Crippen LogP) is 1.59. The molecule has 2 atom stereocenters. The lowest BCUT2D eigenvalue weighted by Gasteiger charge is -2.31. The van der Waals surface area contributed by atoms with Gasteiger partial charge in [-0.1, -0.05) is 41.5 Å². The normalized spacial score (nSPS) is 14.1. The van der Waals surface area contributed by atoms with Gasteiger partial charge in [0.1, 0.15) is 12.1 Å². The molecule has 0 aliphatic carbocycles. The van der Waals surface area contributed by atoms with E-state index in [4.69, 9.17) is 0 Å². The molecule has 6 nitrogen and oxygen atoms in total. The average Bonchev–Trinajstić information content (AvgIpc) is 2.41. The number of amides is 3. The third-order valence-corrected chi connectivity index (χ3v) is 3.50. The standard InChI is InChI=1S/C17H33N3O3/c1-8-9-13(21)19-12(10-11(2)3)15(22)20-14(16(23)18-7)17(4,5)6/h11-12,14H,8-10H2,1-7H3,(H,18,23)(H,19,21)(H,20,22)/t12-,14+/m0/s1. The maximum Gasteiger partial charge on any atom is 0.243 e. The van der Waals surface area contributed by atoms with Crippen molar-refractivity contribution in [1.29, 1.82) is 0 Å². The molecule has 0 aromatic heterocycles. The summed E-state index contributed by atoms with van der Waals surface area (Å²) in [5.41, 5.74) is -0.425. The minimum atomic E-state index is -0.655. The van der Waals surface area contributed by atoms with Crippen molar-refractivity contribution in [3.05, 3.63) is 0 Å². The van der Waals surface area contributed by atoms with Crippen LogP contribution in [0.2, 0.25) is 0 Å². The van der Waals surface area contributed by atoms with Crippen LogP contribution in [0.1, 0.15) is 60.8 Å². The topological polar surface area (TPSA) is 87.3 Å². The number of rotatable bonds is 8. The molecule has 0 rings (SSSR count). The highest BCUT2D eigenvalue weighted by Gasteiger charge is 2.34. The number of likely N-dealkylation sites (N-methyl/N-ethyl adjacent to an activating group) is 1. The minimum absolute atomic E-state index is 0.138. The summed E-state index contributed by atoms with van der Waals surface area (Å²) in [6, 6.07) is -1.28. The second-order valence-electron chi connectivity index (χ2n) is 7.42. The van der Waals surface area contributed by atoms with E-state index in [-0.39, 0.29) is 23.6 Å². The van der Waals surface area contributed by atoms with Crippen molar-refractivity contribution < 1.29 is 14.4 Å². The number of carbonyl (C=O) groups excluding carboxylic acids is 3. The molecule has 0 spiro atoms. The van der Waals surface area contributed by atoms with Crippen molar-refractivity contribution in [2.24, 2.45) is 11.3 Å². The molecule has 0 heterocycles. The van der Waals surface area contributed by atoms with Gasteiger partial charge in [-0.15, -0.1) is 0 Å². The molecule has 6 heteroatoms. The lowest BCUT2D eigenvalue weighted by atomic mass is 9.85. The highest BCUT2D eigenvalue weighted by atomic mass is 16.2. The first-order valence-electron chi connectivity index (χ1n) is 8.34. The minimum Gasteiger partial charge on any atom is -0.357 e. The molecular weight excluding hydrogens is 294 g/mol. The molecular formula is C17H33N3O3. The molecule has 134 valence electrons. The second kappa shape index (κ2) is 9.53. The fraction of sp³-hybridized carbons (Fsp3) is 0.824. The molecule has 0 fully saturated rings. The van der Waals surface area contributed by atoms with Gasteiger partial charge < -0.3 is 16.0 Å². The SMILES string of the molecule is CCCC(=O)N[C@@H](CC(C)C)C(=O)N[C@H](C(=O)NC)C(C)(C)C. The van der Waals surface area contributed by atoms with Crippen molar-refractivity contribution in [3.63, 3.8) is 0 Å². The van der Waals surface area contributed by atoms with Gasteiger partial charge in [0.2, 0.25) is 17.7 Å². The molecule has 3 N–H and O–H groups in total. The van der Waals surface area contributed by atoms with E-state index in [9.17, 15) is 14.4 Å². The van der Waals surface area contributed by atoms with Gasteiger partial charge in [0, 0.05) is 13.5 Å². The Labute approximate surface area is 140 Å². The smallest absolute Gasteiger partial charge is 0.243 e. The van der Waals surface area contributed by atoms with E-state index in [0.29, 0.717) is 12.8 Å². The van der Waals surface area contributed by atoms with Crippen LogP contribution in [0.15, 0.2) is 0 Å². The van der Waals surface area contributed by atoms with Gasteiger partial charge in [0.25, 0.3) is 0 Å². The summed E-state index contributed by atoms with van der Waals surface area (Å²) in [7, 11) is 1.54. The summed E-state index contributed by atoms with van der Waals surface area (Å²) in [4.78, 5) is 36.5. The van der Waals surface area contributed by atoms with E-state index in [1.165, 1.54) is 0 Å². The third kappa shape index (κ3) is 8.00. The molecule has 0 saturated carbocycles. The fourth-order valence-electron chi connectivity index (χ4n) is 2.26. The zero-order valence-corrected chi connectivity index (χ0v) is 15.6. The zero-order valence-electron chi connectivity index (χ0n) is 15.6. The van der Waals surface area contributed by atoms with E-state index in [0.717, 1.165) is 6.42 Å². The number of nitrogens with one attached hydrogen (secondary N) is 3. The molecule has 0 saturated heterocycles. The van der Waals surface area contributed by atoms with Gasteiger partial charge in [-0.25, -0.2) is 0 Å². The molecule has 0 aromatic carbocycles. The Morgan fingerprint density at radius 3 is 1.96 bits per heavy atom. The predicted molar refractivity (Wildman–Crippen MR) is 91.7 cm³/mol. The van der Waals surface area contributed by atoms with Crippen molar-refractivity contribution >= 4 is 17.7 Å². The van der Waals surface area contributed by atoms with Gasteiger partial charge in [-0.05, 0) is 24.2 Å². The van der Waals surface area contributed by atoms with Gasteiger partial charge in [-0.3, -0.25) is 14.4 Å². The van der Waals surface area contributed by atoms with E-state index >= 15 is 0 Å². The zero-order chi connectivity index (χ0) is 18.2. The maximum atomic E-state index is 12.6. The molecule has 0 radical (unpaired) electrons. The lowest BCUT2D eigenvalue weighted by Crippen LogP contribution is -2.57. The van der Waals surface area contributed by atoms with Crippen LogP contribution in [-0.4, -0.2) is 36.9 Å². The monoisotopic (exact) mass is 327 g/mol. The number of carbonyl (C=O) groups is 3. The first kappa shape index (κ1) is 21.4. The van der Waals surface area contributed by atoms with Gasteiger partial charge in [0.05, 0.1) is 0 Å². The Balaban J connectivity index is 5.11. The van der Waals surface area contributed by atoms with Crippen molar-refractivity contribution in [2.75, 3.05) is 7.05 Å². The van der Waals surface area contributed by atoms with Gasteiger partial charge in [0.15, 0.2) is 0 Å². The molecule has 0 aromatic rings. The summed E-state index contributed by atoms with van der Waals surface area (Å²) in [6.07, 6.45) is 1.65. The van der Waals surface area contributed by atoms with E-state index in [1.807, 2.05) is 41.5 Å². The van der Waals surface area contributed by atoms with Crippen LogP contribution in [0.4, 0.5) is 0 Å². The van der Waals surface area contributed by atoms with Crippen LogP contribution in [0.25, 0.3) is 0 Å². The first-order chi connectivity index (χ1) is 10.5. The van der Waals surface area contributed by atoms with E-state index in [2.05, 4.69) is 16.0 Å². The van der Waals surface area contributed by atoms with Gasteiger partial charge >= 0.3 is 0 Å². The lowest BCUT2D eigenvalue weighted by molar-refractivity contribution is -0.134. The first-order valence-corrected chi connectivity index (χ1v) is 8.34. The summed E-state index contributed by atoms with van der Waals surface area (Å²) >= 11 is 0. The third-order valence-electron chi connectivity index (χ3n) is 3.50. The molecule has 0 aliphatic heterocycles. The maximum absolute atomic E-state index is 12.6. The second-order valence-corrected chi connectivity index (χ2v) is 7.42. The van der Waals surface area contributed by atoms with E-state index < -0.39 is 17.5 Å². The molecule has 23 heavy (non-hydrogen) atoms. The number of hydrogen-bond acceptors (Lipinski definition) is 3. The fourth-order valence-corrected chi connectivity index (χ4v) is 2.26.